The number of pyridine rings is 1. The average Bonchev–Trinajstić information content (AvgIpc) is 2.96. The number of benzene rings is 2. The average molecular weight is 629 g/mol. The SMILES string of the molecule is Cc1ccc(N(S(=O)(=O)Cc2ccccc2)S(=O)(=O)Cc2ccccc2)c(=O)n1CC(=O)NCC1CCN(C(=N)N)CC1. The molecule has 0 bridgehead atoms. The molecule has 0 atom stereocenters. The Bertz CT molecular complexity index is 1650. The number of nitrogens with zero attached hydrogens (tertiary/aromatic N) is 3. The molecule has 4 rings (SSSR count). The van der Waals surface area contributed by atoms with Gasteiger partial charge in [-0.1, -0.05) is 60.7 Å². The van der Waals surface area contributed by atoms with Crippen LogP contribution in [0.1, 0.15) is 29.7 Å². The van der Waals surface area contributed by atoms with E-state index in [1.54, 1.807) is 72.5 Å². The number of piperidine rings is 1. The van der Waals surface area contributed by atoms with E-state index in [9.17, 15) is 26.4 Å². The van der Waals surface area contributed by atoms with Crippen LogP contribution in [0.25, 0.3) is 0 Å². The highest BCUT2D eigenvalue weighted by molar-refractivity contribution is 8.09. The van der Waals surface area contributed by atoms with Gasteiger partial charge in [-0.3, -0.25) is 15.0 Å². The van der Waals surface area contributed by atoms with E-state index in [0.29, 0.717) is 36.5 Å². The Balaban J connectivity index is 1.62. The molecule has 1 aliphatic heterocycles. The van der Waals surface area contributed by atoms with Crippen molar-refractivity contribution in [2.24, 2.45) is 11.7 Å². The topological polar surface area (TPSA) is 176 Å². The number of rotatable bonds is 11. The summed E-state index contributed by atoms with van der Waals surface area (Å²) < 4.78 is 56.3. The molecule has 0 unspecified atom stereocenters. The van der Waals surface area contributed by atoms with Gasteiger partial charge in [-0.15, -0.1) is 0 Å². The zero-order valence-electron chi connectivity index (χ0n) is 23.8. The van der Waals surface area contributed by atoms with Crippen molar-refractivity contribution in [2.45, 2.75) is 37.8 Å². The summed E-state index contributed by atoms with van der Waals surface area (Å²) in [5.74, 6) is -1.59. The standard InChI is InChI=1S/C29H36N6O6S2/c1-22-12-13-26(28(37)34(22)19-27(36)32-18-23-14-16-33(17-15-23)29(30)31)35(42(38,39)20-24-8-4-2-5-9-24)43(40,41)21-25-10-6-3-7-11-25/h2-13,23H,14-21H2,1H3,(H3,30,31)(H,32,36). The highest BCUT2D eigenvalue weighted by Crippen LogP contribution is 2.25. The number of guanidine groups is 1. The third kappa shape index (κ3) is 8.02. The molecule has 230 valence electrons. The second-order valence-corrected chi connectivity index (χ2v) is 14.4. The first-order valence-corrected chi connectivity index (χ1v) is 17.0. The van der Waals surface area contributed by atoms with Crippen LogP contribution in [0.2, 0.25) is 0 Å². The zero-order chi connectivity index (χ0) is 31.2. The molecular weight excluding hydrogens is 592 g/mol. The van der Waals surface area contributed by atoms with Gasteiger partial charge in [-0.05, 0) is 48.9 Å². The van der Waals surface area contributed by atoms with Gasteiger partial charge in [0.2, 0.25) is 5.91 Å². The van der Waals surface area contributed by atoms with E-state index < -0.39 is 55.3 Å². The first kappa shape index (κ1) is 31.8. The number of likely N-dealkylation sites (tertiary alicyclic amines) is 1. The monoisotopic (exact) mass is 628 g/mol. The van der Waals surface area contributed by atoms with Crippen LogP contribution < -0.4 is 20.3 Å². The number of hydrogen-bond donors (Lipinski definition) is 3. The smallest absolute Gasteiger partial charge is 0.277 e. The molecule has 14 heteroatoms. The highest BCUT2D eigenvalue weighted by atomic mass is 32.3. The number of sulfonamides is 2. The molecular formula is C29H36N6O6S2. The quantitative estimate of drug-likeness (QED) is 0.213. The van der Waals surface area contributed by atoms with Gasteiger partial charge in [0.05, 0.1) is 11.5 Å². The number of carbonyl (C=O) groups is 1. The lowest BCUT2D eigenvalue weighted by atomic mass is 9.97. The summed E-state index contributed by atoms with van der Waals surface area (Å²) in [6.07, 6.45) is 1.48. The van der Waals surface area contributed by atoms with E-state index in [4.69, 9.17) is 11.1 Å². The van der Waals surface area contributed by atoms with Crippen molar-refractivity contribution in [1.82, 2.24) is 14.8 Å². The maximum absolute atomic E-state index is 13.7. The summed E-state index contributed by atoms with van der Waals surface area (Å²) >= 11 is 0. The maximum atomic E-state index is 13.7. The predicted molar refractivity (Wildman–Crippen MR) is 165 cm³/mol. The normalized spacial score (nSPS) is 14.3. The summed E-state index contributed by atoms with van der Waals surface area (Å²) in [5, 5.41) is 10.4. The second kappa shape index (κ2) is 13.4. The van der Waals surface area contributed by atoms with E-state index >= 15 is 0 Å². The Morgan fingerprint density at radius 2 is 1.42 bits per heavy atom. The molecule has 3 aromatic rings. The third-order valence-electron chi connectivity index (χ3n) is 7.30. The van der Waals surface area contributed by atoms with Gasteiger partial charge in [-0.2, -0.15) is 3.71 Å². The number of anilines is 1. The van der Waals surface area contributed by atoms with Crippen LogP contribution >= 0.6 is 0 Å². The fourth-order valence-corrected chi connectivity index (χ4v) is 9.03. The van der Waals surface area contributed by atoms with Gasteiger partial charge in [0.1, 0.15) is 12.2 Å². The van der Waals surface area contributed by atoms with Crippen molar-refractivity contribution in [3.05, 3.63) is 100.0 Å². The Morgan fingerprint density at radius 1 is 0.907 bits per heavy atom. The van der Waals surface area contributed by atoms with Crippen LogP contribution in [0.5, 0.6) is 0 Å². The van der Waals surface area contributed by atoms with Crippen molar-refractivity contribution >= 4 is 37.6 Å². The summed E-state index contributed by atoms with van der Waals surface area (Å²) in [6, 6.07) is 18.8. The van der Waals surface area contributed by atoms with Gasteiger partial charge in [0, 0.05) is 25.3 Å². The molecule has 1 amide bonds. The fraction of sp³-hybridized carbons (Fsp3) is 0.345. The summed E-state index contributed by atoms with van der Waals surface area (Å²) in [5.41, 5.74) is 5.10. The number of carbonyl (C=O) groups excluding carboxylic acids is 1. The third-order valence-corrected chi connectivity index (χ3v) is 11.5. The van der Waals surface area contributed by atoms with Crippen LogP contribution in [0, 0.1) is 18.3 Å². The largest absolute Gasteiger partial charge is 0.370 e. The Hall–Kier alpha value is -4.17. The van der Waals surface area contributed by atoms with E-state index in [1.807, 2.05) is 0 Å². The Morgan fingerprint density at radius 3 is 1.91 bits per heavy atom. The van der Waals surface area contributed by atoms with Crippen LogP contribution in [-0.4, -0.2) is 57.8 Å². The molecule has 12 nitrogen and oxygen atoms in total. The second-order valence-electron chi connectivity index (χ2n) is 10.6. The van der Waals surface area contributed by atoms with E-state index in [1.165, 1.54) is 12.1 Å². The molecule has 0 saturated carbocycles. The zero-order valence-corrected chi connectivity index (χ0v) is 25.5. The van der Waals surface area contributed by atoms with Crippen molar-refractivity contribution in [2.75, 3.05) is 23.3 Å². The Kier molecular flexibility index (Phi) is 9.91. The maximum Gasteiger partial charge on any atom is 0.277 e. The minimum atomic E-state index is -4.62. The number of aromatic nitrogens is 1. The van der Waals surface area contributed by atoms with Crippen LogP contribution in [0.15, 0.2) is 77.6 Å². The molecule has 2 aromatic carbocycles. The molecule has 2 heterocycles. The summed E-state index contributed by atoms with van der Waals surface area (Å²) in [7, 11) is -9.24. The predicted octanol–water partition coefficient (Wildman–Crippen LogP) is 1.74. The fourth-order valence-electron chi connectivity index (χ4n) is 4.99. The highest BCUT2D eigenvalue weighted by Gasteiger charge is 2.37. The number of nitrogens with two attached hydrogens (primary N) is 1. The van der Waals surface area contributed by atoms with Crippen LogP contribution in [0.4, 0.5) is 5.69 Å². The number of nitrogens with one attached hydrogen (secondary N) is 2. The van der Waals surface area contributed by atoms with Crippen molar-refractivity contribution < 1.29 is 21.6 Å². The molecule has 0 aliphatic carbocycles. The first-order valence-electron chi connectivity index (χ1n) is 13.8. The molecule has 1 aliphatic rings. The number of aryl methyl sites for hydroxylation is 1. The first-order chi connectivity index (χ1) is 20.4. The molecule has 1 saturated heterocycles. The Labute approximate surface area is 251 Å². The molecule has 1 fully saturated rings. The number of hydrogen-bond acceptors (Lipinski definition) is 7. The lowest BCUT2D eigenvalue weighted by Gasteiger charge is -2.32. The van der Waals surface area contributed by atoms with Gasteiger partial charge < -0.3 is 20.5 Å². The van der Waals surface area contributed by atoms with Gasteiger partial charge >= 0.3 is 0 Å². The van der Waals surface area contributed by atoms with Crippen molar-refractivity contribution in [3.8, 4) is 0 Å². The molecule has 4 N–H and O–H groups in total. The lowest BCUT2D eigenvalue weighted by molar-refractivity contribution is -0.122. The van der Waals surface area contributed by atoms with Crippen molar-refractivity contribution in [3.63, 3.8) is 0 Å². The summed E-state index contributed by atoms with van der Waals surface area (Å²) in [4.78, 5) is 28.4. The molecule has 0 spiro atoms. The molecule has 43 heavy (non-hydrogen) atoms. The van der Waals surface area contributed by atoms with Gasteiger partial charge in [-0.25, -0.2) is 16.8 Å². The van der Waals surface area contributed by atoms with Crippen LogP contribution in [-0.2, 0) is 42.9 Å². The minimum Gasteiger partial charge on any atom is -0.370 e. The van der Waals surface area contributed by atoms with Crippen molar-refractivity contribution in [1.29, 1.82) is 5.41 Å². The van der Waals surface area contributed by atoms with E-state index in [2.05, 4.69) is 5.32 Å². The van der Waals surface area contributed by atoms with Gasteiger partial charge in [0.15, 0.2) is 5.96 Å². The number of amides is 1. The van der Waals surface area contributed by atoms with Gasteiger partial charge in [0.25, 0.3) is 25.6 Å². The van der Waals surface area contributed by atoms with E-state index in [0.717, 1.165) is 17.4 Å². The van der Waals surface area contributed by atoms with Crippen LogP contribution in [0.3, 0.4) is 0 Å². The molecule has 0 radical (unpaired) electrons. The molecule has 1 aromatic heterocycles. The van der Waals surface area contributed by atoms with E-state index in [-0.39, 0.29) is 15.6 Å². The summed E-state index contributed by atoms with van der Waals surface area (Å²) in [6.45, 7) is 2.75. The lowest BCUT2D eigenvalue weighted by Crippen LogP contribution is -2.45. The minimum absolute atomic E-state index is 0.0165.